The highest BCUT2D eigenvalue weighted by molar-refractivity contribution is 5.99. The van der Waals surface area contributed by atoms with E-state index in [9.17, 15) is 15.0 Å². The standard InChI is InChI=1S/C12H15NO3/c1-8(2)7-13(3)12(16)11-9(14)5-4-6-10(11)15/h4-6,14-15H,1,7H2,2-3H3. The number of carbonyl (C=O) groups is 1. The first-order valence-electron chi connectivity index (χ1n) is 4.84. The molecule has 0 fully saturated rings. The van der Waals surface area contributed by atoms with Crippen LogP contribution in [0.3, 0.4) is 0 Å². The average molecular weight is 221 g/mol. The number of nitrogens with zero attached hydrogens (tertiary/aromatic N) is 1. The summed E-state index contributed by atoms with van der Waals surface area (Å²) in [7, 11) is 1.59. The Kier molecular flexibility index (Phi) is 3.55. The van der Waals surface area contributed by atoms with Crippen LogP contribution in [-0.2, 0) is 0 Å². The molecule has 4 heteroatoms. The normalized spacial score (nSPS) is 9.88. The lowest BCUT2D eigenvalue weighted by atomic mass is 10.1. The highest BCUT2D eigenvalue weighted by Gasteiger charge is 2.19. The van der Waals surface area contributed by atoms with E-state index in [1.54, 1.807) is 14.0 Å². The van der Waals surface area contributed by atoms with Crippen LogP contribution in [0, 0.1) is 0 Å². The minimum absolute atomic E-state index is 0.0775. The first-order chi connectivity index (χ1) is 7.43. The first-order valence-corrected chi connectivity index (χ1v) is 4.84. The number of phenolic OH excluding ortho intramolecular Hbond substituents is 2. The van der Waals surface area contributed by atoms with E-state index >= 15 is 0 Å². The lowest BCUT2D eigenvalue weighted by molar-refractivity contribution is 0.0801. The third kappa shape index (κ3) is 2.53. The van der Waals surface area contributed by atoms with Crippen molar-refractivity contribution >= 4 is 5.91 Å². The summed E-state index contributed by atoms with van der Waals surface area (Å²) in [5, 5.41) is 19.0. The molecule has 0 saturated carbocycles. The van der Waals surface area contributed by atoms with Gasteiger partial charge in [0.05, 0.1) is 0 Å². The van der Waals surface area contributed by atoms with E-state index in [-0.39, 0.29) is 17.1 Å². The molecule has 1 aromatic rings. The van der Waals surface area contributed by atoms with Gasteiger partial charge in [-0.15, -0.1) is 0 Å². The molecular weight excluding hydrogens is 206 g/mol. The number of amides is 1. The van der Waals surface area contributed by atoms with Crippen LogP contribution in [0.5, 0.6) is 11.5 Å². The molecule has 0 aliphatic carbocycles. The van der Waals surface area contributed by atoms with Gasteiger partial charge in [-0.1, -0.05) is 18.2 Å². The van der Waals surface area contributed by atoms with Gasteiger partial charge in [-0.05, 0) is 19.1 Å². The van der Waals surface area contributed by atoms with E-state index in [0.29, 0.717) is 6.54 Å². The smallest absolute Gasteiger partial charge is 0.261 e. The van der Waals surface area contributed by atoms with Gasteiger partial charge in [-0.3, -0.25) is 4.79 Å². The molecule has 0 saturated heterocycles. The van der Waals surface area contributed by atoms with Crippen LogP contribution in [0.4, 0.5) is 0 Å². The number of carbonyl (C=O) groups excluding carboxylic acids is 1. The average Bonchev–Trinajstić information content (AvgIpc) is 2.16. The maximum Gasteiger partial charge on any atom is 0.261 e. The largest absolute Gasteiger partial charge is 0.507 e. The summed E-state index contributed by atoms with van der Waals surface area (Å²) in [6.45, 7) is 5.88. The maximum absolute atomic E-state index is 11.9. The molecule has 1 amide bonds. The van der Waals surface area contributed by atoms with Crippen LogP contribution in [0.25, 0.3) is 0 Å². The lowest BCUT2D eigenvalue weighted by Crippen LogP contribution is -2.28. The molecule has 4 nitrogen and oxygen atoms in total. The monoisotopic (exact) mass is 221 g/mol. The quantitative estimate of drug-likeness (QED) is 0.764. The molecule has 0 spiro atoms. The third-order valence-electron chi connectivity index (χ3n) is 2.09. The molecule has 0 aliphatic rings. The minimum Gasteiger partial charge on any atom is -0.507 e. The zero-order valence-electron chi connectivity index (χ0n) is 9.40. The number of benzene rings is 1. The Morgan fingerprint density at radius 3 is 2.31 bits per heavy atom. The Bertz CT molecular complexity index is 406. The van der Waals surface area contributed by atoms with Gasteiger partial charge in [0.1, 0.15) is 17.1 Å². The summed E-state index contributed by atoms with van der Waals surface area (Å²) >= 11 is 0. The Hall–Kier alpha value is -1.97. The van der Waals surface area contributed by atoms with E-state index in [1.807, 2.05) is 0 Å². The number of rotatable bonds is 3. The summed E-state index contributed by atoms with van der Waals surface area (Å²) in [5.74, 6) is -0.879. The molecule has 0 radical (unpaired) electrons. The van der Waals surface area contributed by atoms with Crippen LogP contribution in [0.15, 0.2) is 30.4 Å². The van der Waals surface area contributed by atoms with Crippen molar-refractivity contribution in [3.8, 4) is 11.5 Å². The minimum atomic E-state index is -0.432. The number of hydrogen-bond donors (Lipinski definition) is 2. The van der Waals surface area contributed by atoms with Crippen molar-refractivity contribution in [2.75, 3.05) is 13.6 Å². The SMILES string of the molecule is C=C(C)CN(C)C(=O)c1c(O)cccc1O. The topological polar surface area (TPSA) is 60.8 Å². The predicted octanol–water partition coefficient (Wildman–Crippen LogP) is 1.75. The van der Waals surface area contributed by atoms with E-state index < -0.39 is 5.91 Å². The number of aromatic hydroxyl groups is 2. The van der Waals surface area contributed by atoms with Crippen molar-refractivity contribution in [2.45, 2.75) is 6.92 Å². The number of hydrogen-bond acceptors (Lipinski definition) is 3. The van der Waals surface area contributed by atoms with Gasteiger partial charge in [0.25, 0.3) is 5.91 Å². The van der Waals surface area contributed by atoms with Gasteiger partial charge in [-0.2, -0.15) is 0 Å². The summed E-state index contributed by atoms with van der Waals surface area (Å²) in [5.41, 5.74) is 0.747. The number of likely N-dealkylation sites (N-methyl/N-ethyl adjacent to an activating group) is 1. The molecule has 0 aromatic heterocycles. The van der Waals surface area contributed by atoms with Crippen molar-refractivity contribution in [1.82, 2.24) is 4.90 Å². The Morgan fingerprint density at radius 2 is 1.88 bits per heavy atom. The second kappa shape index (κ2) is 4.70. The van der Waals surface area contributed by atoms with Crippen LogP contribution < -0.4 is 0 Å². The van der Waals surface area contributed by atoms with Crippen LogP contribution in [0.2, 0.25) is 0 Å². The predicted molar refractivity (Wildman–Crippen MR) is 61.5 cm³/mol. The fraction of sp³-hybridized carbons (Fsp3) is 0.250. The number of phenols is 2. The molecule has 0 unspecified atom stereocenters. The summed E-state index contributed by atoms with van der Waals surface area (Å²) in [4.78, 5) is 13.3. The fourth-order valence-corrected chi connectivity index (χ4v) is 1.41. The lowest BCUT2D eigenvalue weighted by Gasteiger charge is -2.18. The van der Waals surface area contributed by atoms with Gasteiger partial charge in [0.2, 0.25) is 0 Å². The Morgan fingerprint density at radius 1 is 1.38 bits per heavy atom. The van der Waals surface area contributed by atoms with E-state index in [1.165, 1.54) is 23.1 Å². The Balaban J connectivity index is 3.00. The second-order valence-electron chi connectivity index (χ2n) is 3.79. The van der Waals surface area contributed by atoms with Gasteiger partial charge in [0.15, 0.2) is 0 Å². The van der Waals surface area contributed by atoms with Crippen LogP contribution in [0.1, 0.15) is 17.3 Å². The fourth-order valence-electron chi connectivity index (χ4n) is 1.41. The van der Waals surface area contributed by atoms with Crippen molar-refractivity contribution in [1.29, 1.82) is 0 Å². The molecule has 0 aliphatic heterocycles. The first kappa shape index (κ1) is 12.1. The zero-order chi connectivity index (χ0) is 12.3. The van der Waals surface area contributed by atoms with Crippen molar-refractivity contribution in [3.05, 3.63) is 35.9 Å². The third-order valence-corrected chi connectivity index (χ3v) is 2.09. The highest BCUT2D eigenvalue weighted by Crippen LogP contribution is 2.27. The zero-order valence-corrected chi connectivity index (χ0v) is 9.40. The molecule has 1 aromatic carbocycles. The van der Waals surface area contributed by atoms with Crippen molar-refractivity contribution in [2.24, 2.45) is 0 Å². The maximum atomic E-state index is 11.9. The van der Waals surface area contributed by atoms with Crippen molar-refractivity contribution in [3.63, 3.8) is 0 Å². The van der Waals surface area contributed by atoms with Crippen LogP contribution in [-0.4, -0.2) is 34.6 Å². The molecule has 2 N–H and O–H groups in total. The molecule has 1 rings (SSSR count). The van der Waals surface area contributed by atoms with Crippen LogP contribution >= 0.6 is 0 Å². The molecule has 0 bridgehead atoms. The van der Waals surface area contributed by atoms with Gasteiger partial charge < -0.3 is 15.1 Å². The van der Waals surface area contributed by atoms with E-state index in [4.69, 9.17) is 0 Å². The molecule has 86 valence electrons. The summed E-state index contributed by atoms with van der Waals surface area (Å²) in [6, 6.07) is 4.20. The molecule has 0 heterocycles. The highest BCUT2D eigenvalue weighted by atomic mass is 16.3. The molecular formula is C12H15NO3. The second-order valence-corrected chi connectivity index (χ2v) is 3.79. The molecule has 16 heavy (non-hydrogen) atoms. The Labute approximate surface area is 94.4 Å². The van der Waals surface area contributed by atoms with Gasteiger partial charge in [-0.25, -0.2) is 0 Å². The van der Waals surface area contributed by atoms with Gasteiger partial charge >= 0.3 is 0 Å². The van der Waals surface area contributed by atoms with E-state index in [2.05, 4.69) is 6.58 Å². The van der Waals surface area contributed by atoms with Gasteiger partial charge in [0, 0.05) is 13.6 Å². The molecule has 0 atom stereocenters. The summed E-state index contributed by atoms with van der Waals surface area (Å²) in [6.07, 6.45) is 0. The summed E-state index contributed by atoms with van der Waals surface area (Å²) < 4.78 is 0. The van der Waals surface area contributed by atoms with Crippen molar-refractivity contribution < 1.29 is 15.0 Å². The van der Waals surface area contributed by atoms with E-state index in [0.717, 1.165) is 5.57 Å².